The molecular weight excluding hydrogens is 409 g/mol. The summed E-state index contributed by atoms with van der Waals surface area (Å²) in [6.07, 6.45) is -4.35. The van der Waals surface area contributed by atoms with E-state index in [0.29, 0.717) is 12.8 Å². The Morgan fingerprint density at radius 2 is 1.69 bits per heavy atom. The average molecular weight is 428 g/mol. The molecule has 1 fully saturated rings. The Bertz CT molecular complexity index is 959. The molecule has 2 aromatic rings. The van der Waals surface area contributed by atoms with Gasteiger partial charge in [0.05, 0.1) is 15.5 Å². The molecule has 0 radical (unpaired) electrons. The molecule has 0 saturated carbocycles. The number of ether oxygens (including phenoxy) is 1. The second-order valence-electron chi connectivity index (χ2n) is 6.41. The maximum absolute atomic E-state index is 13.1. The van der Waals surface area contributed by atoms with Crippen LogP contribution in [0.5, 0.6) is 0 Å². The van der Waals surface area contributed by atoms with E-state index in [0.717, 1.165) is 11.4 Å². The van der Waals surface area contributed by atoms with Crippen molar-refractivity contribution in [2.24, 2.45) is 0 Å². The number of amides is 1. The number of anilines is 1. The number of hydrazine groups is 1. The van der Waals surface area contributed by atoms with Gasteiger partial charge in [0.1, 0.15) is 6.23 Å². The number of hydrogen-bond donors (Lipinski definition) is 1. The van der Waals surface area contributed by atoms with Gasteiger partial charge in [0, 0.05) is 6.61 Å². The highest BCUT2D eigenvalue weighted by atomic mass is 32.2. The normalized spacial score (nSPS) is 17.6. The van der Waals surface area contributed by atoms with Gasteiger partial charge in [-0.2, -0.15) is 13.2 Å². The van der Waals surface area contributed by atoms with Crippen molar-refractivity contribution in [1.29, 1.82) is 0 Å². The molecule has 1 amide bonds. The van der Waals surface area contributed by atoms with Crippen LogP contribution in [-0.2, 0) is 19.4 Å². The summed E-state index contributed by atoms with van der Waals surface area (Å²) in [5, 5.41) is 0.866. The monoisotopic (exact) mass is 428 g/mol. The van der Waals surface area contributed by atoms with Gasteiger partial charge in [0.15, 0.2) is 0 Å². The third-order valence-electron chi connectivity index (χ3n) is 4.39. The first kappa shape index (κ1) is 21.1. The van der Waals surface area contributed by atoms with E-state index in [4.69, 9.17) is 4.74 Å². The van der Waals surface area contributed by atoms with Crippen molar-refractivity contribution in [3.63, 3.8) is 0 Å². The van der Waals surface area contributed by atoms with Crippen LogP contribution in [0.4, 0.5) is 18.9 Å². The first-order valence-corrected chi connectivity index (χ1v) is 10.4. The Morgan fingerprint density at radius 1 is 1.03 bits per heavy atom. The maximum Gasteiger partial charge on any atom is 0.472 e. The highest BCUT2D eigenvalue weighted by Crippen LogP contribution is 2.32. The zero-order valence-corrected chi connectivity index (χ0v) is 16.0. The number of sulfone groups is 1. The minimum absolute atomic E-state index is 0.0147. The molecule has 1 N–H and O–H groups in total. The summed E-state index contributed by atoms with van der Waals surface area (Å²) < 4.78 is 70.5. The lowest BCUT2D eigenvalue weighted by molar-refractivity contribution is -0.174. The van der Waals surface area contributed by atoms with E-state index in [-0.39, 0.29) is 22.1 Å². The summed E-state index contributed by atoms with van der Waals surface area (Å²) in [4.78, 5) is 11.4. The highest BCUT2D eigenvalue weighted by molar-refractivity contribution is 7.91. The largest absolute Gasteiger partial charge is 0.472 e. The molecular formula is C19H19F3N2O4S. The van der Waals surface area contributed by atoms with E-state index >= 15 is 0 Å². The lowest BCUT2D eigenvalue weighted by atomic mass is 10.1. The summed E-state index contributed by atoms with van der Waals surface area (Å²) in [5.41, 5.74) is 1.69. The number of halogens is 3. The zero-order chi connectivity index (χ0) is 21.1. The van der Waals surface area contributed by atoms with Crippen LogP contribution in [0.1, 0.15) is 19.3 Å². The van der Waals surface area contributed by atoms with Gasteiger partial charge in [0.2, 0.25) is 9.84 Å². The lowest BCUT2D eigenvalue weighted by Gasteiger charge is -2.36. The summed E-state index contributed by atoms with van der Waals surface area (Å²) >= 11 is 0. The van der Waals surface area contributed by atoms with Crippen LogP contribution in [0.25, 0.3) is 0 Å². The molecule has 2 aromatic carbocycles. The van der Waals surface area contributed by atoms with Gasteiger partial charge in [-0.25, -0.2) is 8.42 Å². The van der Waals surface area contributed by atoms with E-state index in [9.17, 15) is 26.4 Å². The number of rotatable bonds is 5. The lowest BCUT2D eigenvalue weighted by Crippen LogP contribution is -2.54. The minimum Gasteiger partial charge on any atom is -0.357 e. The van der Waals surface area contributed by atoms with Crippen LogP contribution in [0.2, 0.25) is 0 Å². The molecule has 0 bridgehead atoms. The Labute approximate surface area is 166 Å². The molecule has 6 nitrogen and oxygen atoms in total. The number of carbonyl (C=O) groups is 1. The van der Waals surface area contributed by atoms with E-state index < -0.39 is 28.1 Å². The molecule has 1 atom stereocenters. The van der Waals surface area contributed by atoms with Crippen LogP contribution in [-0.4, -0.2) is 33.3 Å². The zero-order valence-electron chi connectivity index (χ0n) is 15.2. The van der Waals surface area contributed by atoms with Crippen molar-refractivity contribution in [3.8, 4) is 0 Å². The number of benzene rings is 2. The van der Waals surface area contributed by atoms with Crippen molar-refractivity contribution >= 4 is 21.4 Å². The summed E-state index contributed by atoms with van der Waals surface area (Å²) in [6.45, 7) is 0.288. The molecule has 3 rings (SSSR count). The average Bonchev–Trinajstić information content (AvgIpc) is 2.72. The van der Waals surface area contributed by atoms with E-state index in [1.807, 2.05) is 0 Å². The summed E-state index contributed by atoms with van der Waals surface area (Å²) in [7, 11) is -4.05. The molecule has 10 heteroatoms. The Kier molecular flexibility index (Phi) is 6.13. The Hall–Kier alpha value is -2.59. The van der Waals surface area contributed by atoms with Crippen LogP contribution in [0, 0.1) is 0 Å². The predicted octanol–water partition coefficient (Wildman–Crippen LogP) is 3.45. The molecule has 1 heterocycles. The number of hydrogen-bond acceptors (Lipinski definition) is 5. The summed E-state index contributed by atoms with van der Waals surface area (Å²) in [6, 6.07) is 13.1. The Balaban J connectivity index is 2.08. The standard InChI is InChI=1S/C19H19F3N2O4S/c20-19(21,22)18(25)23-24(17-12-6-7-13-28-17)15-10-4-5-11-16(15)29(26,27)14-8-2-1-3-9-14/h1-5,8-11,17H,6-7,12-13H2,(H,23,25). The maximum atomic E-state index is 13.1. The topological polar surface area (TPSA) is 75.7 Å². The molecule has 1 aliphatic heterocycles. The van der Waals surface area contributed by atoms with Gasteiger partial charge < -0.3 is 4.74 Å². The number of para-hydroxylation sites is 1. The fourth-order valence-electron chi connectivity index (χ4n) is 3.00. The molecule has 156 valence electrons. The van der Waals surface area contributed by atoms with Crippen molar-refractivity contribution in [1.82, 2.24) is 5.43 Å². The fraction of sp³-hybridized carbons (Fsp3) is 0.316. The fourth-order valence-corrected chi connectivity index (χ4v) is 4.47. The smallest absolute Gasteiger partial charge is 0.357 e. The van der Waals surface area contributed by atoms with Crippen molar-refractivity contribution in [2.45, 2.75) is 41.5 Å². The molecule has 1 saturated heterocycles. The highest BCUT2D eigenvalue weighted by Gasteiger charge is 2.41. The number of carbonyl (C=O) groups excluding carboxylic acids is 1. The molecule has 29 heavy (non-hydrogen) atoms. The van der Waals surface area contributed by atoms with E-state index in [2.05, 4.69) is 0 Å². The van der Waals surface area contributed by atoms with Crippen LogP contribution in [0.15, 0.2) is 64.4 Å². The predicted molar refractivity (Wildman–Crippen MR) is 98.6 cm³/mol. The van der Waals surface area contributed by atoms with Crippen molar-refractivity contribution in [3.05, 3.63) is 54.6 Å². The van der Waals surface area contributed by atoms with Gasteiger partial charge >= 0.3 is 12.1 Å². The van der Waals surface area contributed by atoms with Crippen LogP contribution < -0.4 is 10.4 Å². The SMILES string of the molecule is O=C(NN(c1ccccc1S(=O)(=O)c1ccccc1)C1CCCCO1)C(F)(F)F. The number of alkyl halides is 3. The van der Waals surface area contributed by atoms with Gasteiger partial charge in [0.25, 0.3) is 0 Å². The quantitative estimate of drug-likeness (QED) is 0.739. The Morgan fingerprint density at radius 3 is 2.31 bits per heavy atom. The van der Waals surface area contributed by atoms with Crippen molar-refractivity contribution in [2.75, 3.05) is 11.6 Å². The summed E-state index contributed by atoms with van der Waals surface area (Å²) in [5.74, 6) is -2.21. The van der Waals surface area contributed by atoms with Gasteiger partial charge in [-0.3, -0.25) is 15.2 Å². The van der Waals surface area contributed by atoms with Gasteiger partial charge in [-0.1, -0.05) is 30.3 Å². The third-order valence-corrected chi connectivity index (χ3v) is 6.21. The molecule has 1 aliphatic rings. The van der Waals surface area contributed by atoms with E-state index in [1.54, 1.807) is 23.6 Å². The molecule has 1 unspecified atom stereocenters. The first-order valence-electron chi connectivity index (χ1n) is 8.89. The molecule has 0 spiro atoms. The van der Waals surface area contributed by atoms with Crippen molar-refractivity contribution < 1.29 is 31.1 Å². The third kappa shape index (κ3) is 4.70. The number of nitrogens with zero attached hydrogens (tertiary/aromatic N) is 1. The van der Waals surface area contributed by atoms with Gasteiger partial charge in [-0.15, -0.1) is 0 Å². The van der Waals surface area contributed by atoms with Crippen LogP contribution in [0.3, 0.4) is 0 Å². The molecule has 0 aliphatic carbocycles. The first-order chi connectivity index (χ1) is 13.7. The second kappa shape index (κ2) is 8.42. The number of nitrogens with one attached hydrogen (secondary N) is 1. The van der Waals surface area contributed by atoms with E-state index in [1.165, 1.54) is 36.4 Å². The minimum atomic E-state index is -5.14. The molecule has 0 aromatic heterocycles. The second-order valence-corrected chi connectivity index (χ2v) is 8.33. The van der Waals surface area contributed by atoms with Crippen LogP contribution >= 0.6 is 0 Å². The van der Waals surface area contributed by atoms with Gasteiger partial charge in [-0.05, 0) is 43.5 Å².